The minimum absolute atomic E-state index is 0.752. The molecule has 0 radical (unpaired) electrons. The molecule has 17 heavy (non-hydrogen) atoms. The van der Waals surface area contributed by atoms with Crippen LogP contribution in [0.25, 0.3) is 0 Å². The molecule has 96 valence electrons. The average Bonchev–Trinajstić information content (AvgIpc) is 2.25. The summed E-state index contributed by atoms with van der Waals surface area (Å²) in [5, 5.41) is 3.48. The third kappa shape index (κ3) is 6.13. The molecule has 0 unspecified atom stereocenters. The molecule has 1 nitrogen and oxygen atoms in total. The molecule has 0 aliphatic carbocycles. The van der Waals surface area contributed by atoms with Crippen LogP contribution in [0.1, 0.15) is 31.4 Å². The lowest BCUT2D eigenvalue weighted by Gasteiger charge is -2.08. The number of nitrogens with one attached hydrogen (secondary N) is 1. The summed E-state index contributed by atoms with van der Waals surface area (Å²) < 4.78 is 0. The zero-order valence-electron chi connectivity index (χ0n) is 11.5. The van der Waals surface area contributed by atoms with E-state index in [1.807, 2.05) is 11.8 Å². The first-order chi connectivity index (χ1) is 8.09. The van der Waals surface area contributed by atoms with E-state index in [-0.39, 0.29) is 0 Å². The first-order valence-electron chi connectivity index (χ1n) is 6.50. The van der Waals surface area contributed by atoms with E-state index in [0.717, 1.165) is 19.0 Å². The molecule has 0 amide bonds. The molecule has 0 saturated carbocycles. The van der Waals surface area contributed by atoms with Crippen molar-refractivity contribution in [1.29, 1.82) is 0 Å². The van der Waals surface area contributed by atoms with Crippen molar-refractivity contribution in [3.63, 3.8) is 0 Å². The monoisotopic (exact) mass is 251 g/mol. The lowest BCUT2D eigenvalue weighted by atomic mass is 10.2. The van der Waals surface area contributed by atoms with Crippen LogP contribution in [0.15, 0.2) is 23.1 Å². The summed E-state index contributed by atoms with van der Waals surface area (Å²) in [4.78, 5) is 1.43. The lowest BCUT2D eigenvalue weighted by Crippen LogP contribution is -2.21. The van der Waals surface area contributed by atoms with E-state index in [0.29, 0.717) is 0 Å². The summed E-state index contributed by atoms with van der Waals surface area (Å²) in [5.41, 5.74) is 2.76. The first-order valence-corrected chi connectivity index (χ1v) is 7.49. The van der Waals surface area contributed by atoms with Crippen LogP contribution < -0.4 is 5.32 Å². The van der Waals surface area contributed by atoms with Gasteiger partial charge in [-0.2, -0.15) is 0 Å². The van der Waals surface area contributed by atoms with Gasteiger partial charge >= 0.3 is 0 Å². The Morgan fingerprint density at radius 1 is 1.24 bits per heavy atom. The fourth-order valence-electron chi connectivity index (χ4n) is 1.73. The van der Waals surface area contributed by atoms with E-state index in [1.165, 1.54) is 28.2 Å². The van der Waals surface area contributed by atoms with Gasteiger partial charge in [0.2, 0.25) is 0 Å². The minimum Gasteiger partial charge on any atom is -0.316 e. The first kappa shape index (κ1) is 14.6. The maximum atomic E-state index is 3.48. The Morgan fingerprint density at radius 2 is 2.00 bits per heavy atom. The Bertz CT molecular complexity index is 334. The predicted molar refractivity (Wildman–Crippen MR) is 79.0 cm³/mol. The van der Waals surface area contributed by atoms with Crippen molar-refractivity contribution in [2.75, 3.05) is 18.8 Å². The second-order valence-corrected chi connectivity index (χ2v) is 6.21. The summed E-state index contributed by atoms with van der Waals surface area (Å²) in [6.07, 6.45) is 1.24. The van der Waals surface area contributed by atoms with Crippen molar-refractivity contribution in [2.45, 2.75) is 39.0 Å². The van der Waals surface area contributed by atoms with E-state index in [9.17, 15) is 0 Å². The van der Waals surface area contributed by atoms with Gasteiger partial charge in [-0.25, -0.2) is 0 Å². The molecule has 0 spiro atoms. The van der Waals surface area contributed by atoms with E-state index >= 15 is 0 Å². The summed E-state index contributed by atoms with van der Waals surface area (Å²) >= 11 is 1.97. The maximum Gasteiger partial charge on any atom is 0.0101 e. The van der Waals surface area contributed by atoms with Gasteiger partial charge in [-0.3, -0.25) is 0 Å². The molecular weight excluding hydrogens is 226 g/mol. The zero-order chi connectivity index (χ0) is 12.7. The Labute approximate surface area is 110 Å². The molecule has 1 N–H and O–H groups in total. The molecule has 0 saturated heterocycles. The van der Waals surface area contributed by atoms with Gasteiger partial charge in [0, 0.05) is 4.90 Å². The predicted octanol–water partition coefficient (Wildman–Crippen LogP) is 4.03. The van der Waals surface area contributed by atoms with Crippen LogP contribution in [0, 0.1) is 19.8 Å². The molecule has 2 heteroatoms. The average molecular weight is 251 g/mol. The normalized spacial score (nSPS) is 11.1. The third-order valence-electron chi connectivity index (χ3n) is 2.64. The minimum atomic E-state index is 0.752. The summed E-state index contributed by atoms with van der Waals surface area (Å²) in [5.74, 6) is 1.96. The fraction of sp³-hybridized carbons (Fsp3) is 0.600. The van der Waals surface area contributed by atoms with Crippen molar-refractivity contribution in [2.24, 2.45) is 5.92 Å². The van der Waals surface area contributed by atoms with Gasteiger partial charge in [0.1, 0.15) is 0 Å². The van der Waals surface area contributed by atoms with Gasteiger partial charge in [-0.05, 0) is 56.7 Å². The van der Waals surface area contributed by atoms with E-state index in [1.54, 1.807) is 0 Å². The quantitative estimate of drug-likeness (QED) is 0.580. The van der Waals surface area contributed by atoms with Crippen molar-refractivity contribution in [1.82, 2.24) is 5.32 Å². The highest BCUT2D eigenvalue weighted by atomic mass is 32.2. The molecule has 0 fully saturated rings. The van der Waals surface area contributed by atoms with Crippen LogP contribution in [0.4, 0.5) is 0 Å². The zero-order valence-corrected chi connectivity index (χ0v) is 12.4. The molecule has 0 atom stereocenters. The lowest BCUT2D eigenvalue weighted by molar-refractivity contribution is 0.552. The van der Waals surface area contributed by atoms with Crippen LogP contribution in [0.5, 0.6) is 0 Å². The molecule has 0 heterocycles. The summed E-state index contributed by atoms with van der Waals surface area (Å²) in [7, 11) is 0. The second kappa shape index (κ2) is 7.78. The SMILES string of the molecule is Cc1ccc(SCCCNCC(C)C)c(C)c1. The topological polar surface area (TPSA) is 12.0 Å². The highest BCUT2D eigenvalue weighted by Crippen LogP contribution is 2.23. The number of rotatable bonds is 7. The van der Waals surface area contributed by atoms with Gasteiger partial charge in [0.15, 0.2) is 0 Å². The molecule has 1 aromatic rings. The standard InChI is InChI=1S/C15H25NS/c1-12(2)11-16-8-5-9-17-15-7-6-13(3)10-14(15)4/h6-7,10,12,16H,5,8-9,11H2,1-4H3. The summed E-state index contributed by atoms with van der Waals surface area (Å²) in [6.45, 7) is 11.1. The molecule has 0 aliphatic rings. The summed E-state index contributed by atoms with van der Waals surface area (Å²) in [6, 6.07) is 6.71. The third-order valence-corrected chi connectivity index (χ3v) is 3.90. The van der Waals surface area contributed by atoms with Gasteiger partial charge in [0.25, 0.3) is 0 Å². The number of thioether (sulfide) groups is 1. The van der Waals surface area contributed by atoms with Crippen molar-refractivity contribution in [3.8, 4) is 0 Å². The molecule has 0 bridgehead atoms. The van der Waals surface area contributed by atoms with Gasteiger partial charge in [-0.1, -0.05) is 31.5 Å². The van der Waals surface area contributed by atoms with Crippen LogP contribution in [0.2, 0.25) is 0 Å². The van der Waals surface area contributed by atoms with Crippen molar-refractivity contribution < 1.29 is 0 Å². The van der Waals surface area contributed by atoms with Gasteiger partial charge in [0.05, 0.1) is 0 Å². The molecule has 0 aliphatic heterocycles. The molecule has 1 rings (SSSR count). The van der Waals surface area contributed by atoms with E-state index < -0.39 is 0 Å². The van der Waals surface area contributed by atoms with Crippen LogP contribution in [0.3, 0.4) is 0 Å². The van der Waals surface area contributed by atoms with E-state index in [4.69, 9.17) is 0 Å². The van der Waals surface area contributed by atoms with Crippen molar-refractivity contribution >= 4 is 11.8 Å². The van der Waals surface area contributed by atoms with E-state index in [2.05, 4.69) is 51.2 Å². The van der Waals surface area contributed by atoms with Crippen LogP contribution in [-0.4, -0.2) is 18.8 Å². The Hall–Kier alpha value is -0.470. The molecule has 0 aromatic heterocycles. The second-order valence-electron chi connectivity index (χ2n) is 5.07. The Morgan fingerprint density at radius 3 is 2.65 bits per heavy atom. The number of aryl methyl sites for hydroxylation is 2. The smallest absolute Gasteiger partial charge is 0.0101 e. The maximum absolute atomic E-state index is 3.48. The largest absolute Gasteiger partial charge is 0.316 e. The number of hydrogen-bond donors (Lipinski definition) is 1. The molecule has 1 aromatic carbocycles. The highest BCUT2D eigenvalue weighted by Gasteiger charge is 1.99. The van der Waals surface area contributed by atoms with Gasteiger partial charge < -0.3 is 5.32 Å². The number of benzene rings is 1. The Balaban J connectivity index is 2.18. The van der Waals surface area contributed by atoms with Crippen LogP contribution >= 0.6 is 11.8 Å². The van der Waals surface area contributed by atoms with Gasteiger partial charge in [-0.15, -0.1) is 11.8 Å². The Kier molecular flexibility index (Phi) is 6.68. The van der Waals surface area contributed by atoms with Crippen molar-refractivity contribution in [3.05, 3.63) is 29.3 Å². The molecular formula is C15H25NS. The number of hydrogen-bond acceptors (Lipinski definition) is 2. The van der Waals surface area contributed by atoms with Crippen LogP contribution in [-0.2, 0) is 0 Å². The fourth-order valence-corrected chi connectivity index (χ4v) is 2.69. The highest BCUT2D eigenvalue weighted by molar-refractivity contribution is 7.99.